The van der Waals surface area contributed by atoms with Crippen molar-refractivity contribution in [1.29, 1.82) is 0 Å². The Balaban J connectivity index is 2.89. The van der Waals surface area contributed by atoms with E-state index in [0.717, 1.165) is 12.1 Å². The summed E-state index contributed by atoms with van der Waals surface area (Å²) in [5, 5.41) is 8.86. The summed E-state index contributed by atoms with van der Waals surface area (Å²) < 4.78 is 18.2. The van der Waals surface area contributed by atoms with Crippen molar-refractivity contribution >= 4 is 23.7 Å². The van der Waals surface area contributed by atoms with E-state index in [1.54, 1.807) is 6.92 Å². The molecule has 1 rings (SSSR count). The molecule has 0 atom stereocenters. The third kappa shape index (κ3) is 4.09. The maximum absolute atomic E-state index is 13.5. The van der Waals surface area contributed by atoms with Gasteiger partial charge in [0.1, 0.15) is 5.82 Å². The molecule has 0 bridgehead atoms. The lowest BCUT2D eigenvalue weighted by atomic mass is 10.1. The van der Waals surface area contributed by atoms with E-state index in [4.69, 9.17) is 15.6 Å². The van der Waals surface area contributed by atoms with Crippen molar-refractivity contribution in [2.45, 2.75) is 13.3 Å². The average molecular weight is 267 g/mol. The summed E-state index contributed by atoms with van der Waals surface area (Å²) in [6, 6.07) is 2.06. The van der Waals surface area contributed by atoms with Crippen LogP contribution >= 0.6 is 0 Å². The number of carboxylic acid groups (broad SMARTS) is 1. The van der Waals surface area contributed by atoms with Crippen LogP contribution in [0, 0.1) is 5.82 Å². The Hall–Kier alpha value is -2.37. The summed E-state index contributed by atoms with van der Waals surface area (Å²) in [7, 11) is 0. The number of nitrogen functional groups attached to an aromatic ring is 1. The normalized spacial score (nSPS) is 10.6. The first-order valence-electron chi connectivity index (χ1n) is 5.60. The quantitative estimate of drug-likeness (QED) is 0.629. The maximum Gasteiger partial charge on any atom is 0.337 e. The van der Waals surface area contributed by atoms with Crippen LogP contribution in [-0.4, -0.2) is 23.7 Å². The summed E-state index contributed by atoms with van der Waals surface area (Å²) in [4.78, 5) is 21.9. The maximum atomic E-state index is 13.5. The van der Waals surface area contributed by atoms with Gasteiger partial charge in [0, 0.05) is 11.3 Å². The zero-order valence-electron chi connectivity index (χ0n) is 10.4. The minimum absolute atomic E-state index is 0.0138. The molecule has 0 aliphatic carbocycles. The number of anilines is 1. The van der Waals surface area contributed by atoms with E-state index in [9.17, 15) is 14.0 Å². The standard InChI is InChI=1S/C13H14FNO4/c1-2-19-12(16)5-3-4-8-6-9(13(17)18)11(15)7-10(8)14/h3-4,6-7H,2,5,15H2,1H3,(H,17,18). The van der Waals surface area contributed by atoms with Crippen molar-refractivity contribution in [1.82, 2.24) is 0 Å². The topological polar surface area (TPSA) is 89.6 Å². The number of carboxylic acids is 1. The Labute approximate surface area is 109 Å². The summed E-state index contributed by atoms with van der Waals surface area (Å²) >= 11 is 0. The molecule has 0 radical (unpaired) electrons. The van der Waals surface area contributed by atoms with Crippen LogP contribution in [0.25, 0.3) is 6.08 Å². The van der Waals surface area contributed by atoms with Crippen LogP contribution in [-0.2, 0) is 9.53 Å². The highest BCUT2D eigenvalue weighted by Gasteiger charge is 2.11. The second kappa shape index (κ2) is 6.53. The van der Waals surface area contributed by atoms with E-state index in [0.29, 0.717) is 0 Å². The number of carbonyl (C=O) groups excluding carboxylic acids is 1. The van der Waals surface area contributed by atoms with Crippen LogP contribution in [0.1, 0.15) is 29.3 Å². The predicted molar refractivity (Wildman–Crippen MR) is 68.1 cm³/mol. The molecule has 1 aromatic carbocycles. The second-order valence-electron chi connectivity index (χ2n) is 3.68. The van der Waals surface area contributed by atoms with E-state index in [2.05, 4.69) is 0 Å². The smallest absolute Gasteiger partial charge is 0.337 e. The Morgan fingerprint density at radius 1 is 1.47 bits per heavy atom. The molecule has 5 nitrogen and oxygen atoms in total. The largest absolute Gasteiger partial charge is 0.478 e. The molecule has 0 fully saturated rings. The van der Waals surface area contributed by atoms with E-state index >= 15 is 0 Å². The molecule has 102 valence electrons. The van der Waals surface area contributed by atoms with Crippen molar-refractivity contribution in [2.24, 2.45) is 0 Å². The van der Waals surface area contributed by atoms with Crippen LogP contribution in [0.5, 0.6) is 0 Å². The highest BCUT2D eigenvalue weighted by atomic mass is 19.1. The summed E-state index contributed by atoms with van der Waals surface area (Å²) in [6.45, 7) is 1.95. The average Bonchev–Trinajstić information content (AvgIpc) is 2.31. The molecule has 1 aromatic rings. The van der Waals surface area contributed by atoms with Crippen molar-refractivity contribution < 1.29 is 23.8 Å². The van der Waals surface area contributed by atoms with Crippen molar-refractivity contribution in [3.05, 3.63) is 35.2 Å². The number of hydrogen-bond donors (Lipinski definition) is 2. The Kier molecular flexibility index (Phi) is 5.05. The molecule has 6 heteroatoms. The van der Waals surface area contributed by atoms with Gasteiger partial charge in [0.25, 0.3) is 0 Å². The van der Waals surface area contributed by atoms with Gasteiger partial charge in [-0.2, -0.15) is 0 Å². The van der Waals surface area contributed by atoms with Gasteiger partial charge >= 0.3 is 11.9 Å². The zero-order valence-corrected chi connectivity index (χ0v) is 10.4. The van der Waals surface area contributed by atoms with Crippen molar-refractivity contribution in [3.63, 3.8) is 0 Å². The molecular weight excluding hydrogens is 253 g/mol. The third-order valence-corrected chi connectivity index (χ3v) is 2.29. The number of hydrogen-bond acceptors (Lipinski definition) is 4. The fourth-order valence-corrected chi connectivity index (χ4v) is 1.42. The van der Waals surface area contributed by atoms with E-state index in [1.807, 2.05) is 0 Å². The number of ether oxygens (including phenoxy) is 1. The molecule has 0 aliphatic rings. The summed E-state index contributed by atoms with van der Waals surface area (Å²) in [6.07, 6.45) is 2.70. The minimum atomic E-state index is -1.24. The van der Waals surface area contributed by atoms with Gasteiger partial charge in [-0.25, -0.2) is 9.18 Å². The first-order chi connectivity index (χ1) is 8.95. The van der Waals surface area contributed by atoms with Gasteiger partial charge in [0.2, 0.25) is 0 Å². The first-order valence-corrected chi connectivity index (χ1v) is 5.60. The lowest BCUT2D eigenvalue weighted by molar-refractivity contribution is -0.142. The van der Waals surface area contributed by atoms with E-state index < -0.39 is 17.8 Å². The highest BCUT2D eigenvalue weighted by molar-refractivity contribution is 5.94. The molecule has 0 aliphatic heterocycles. The van der Waals surface area contributed by atoms with Crippen molar-refractivity contribution in [3.8, 4) is 0 Å². The van der Waals surface area contributed by atoms with Gasteiger partial charge in [-0.05, 0) is 19.1 Å². The highest BCUT2D eigenvalue weighted by Crippen LogP contribution is 2.19. The molecule has 0 saturated carbocycles. The number of rotatable bonds is 5. The first kappa shape index (κ1) is 14.7. The fraction of sp³-hybridized carbons (Fsp3) is 0.231. The number of nitrogens with two attached hydrogens (primary N) is 1. The lowest BCUT2D eigenvalue weighted by Gasteiger charge is -2.04. The molecular formula is C13H14FNO4. The molecule has 0 aromatic heterocycles. The van der Waals surface area contributed by atoms with Crippen LogP contribution < -0.4 is 5.73 Å². The minimum Gasteiger partial charge on any atom is -0.478 e. The second-order valence-corrected chi connectivity index (χ2v) is 3.68. The molecule has 0 unspecified atom stereocenters. The van der Waals surface area contributed by atoms with Gasteiger partial charge < -0.3 is 15.6 Å². The molecule has 0 saturated heterocycles. The summed E-state index contributed by atoms with van der Waals surface area (Å²) in [5.74, 6) is -2.33. The number of aromatic carboxylic acids is 1. The third-order valence-electron chi connectivity index (χ3n) is 2.29. The van der Waals surface area contributed by atoms with Crippen LogP contribution in [0.15, 0.2) is 18.2 Å². The van der Waals surface area contributed by atoms with Gasteiger partial charge in [-0.1, -0.05) is 12.2 Å². The van der Waals surface area contributed by atoms with Gasteiger partial charge in [-0.15, -0.1) is 0 Å². The number of benzene rings is 1. The Bertz CT molecular complexity index is 526. The lowest BCUT2D eigenvalue weighted by Crippen LogP contribution is -2.04. The fourth-order valence-electron chi connectivity index (χ4n) is 1.42. The SMILES string of the molecule is CCOC(=O)CC=Cc1cc(C(=O)O)c(N)cc1F. The van der Waals surface area contributed by atoms with E-state index in [-0.39, 0.29) is 29.8 Å². The van der Waals surface area contributed by atoms with Crippen LogP contribution in [0.2, 0.25) is 0 Å². The number of carbonyl (C=O) groups is 2. The Morgan fingerprint density at radius 2 is 2.16 bits per heavy atom. The molecule has 3 N–H and O–H groups in total. The van der Waals surface area contributed by atoms with E-state index in [1.165, 1.54) is 12.2 Å². The van der Waals surface area contributed by atoms with Gasteiger partial charge in [0.15, 0.2) is 0 Å². The van der Waals surface area contributed by atoms with Crippen LogP contribution in [0.4, 0.5) is 10.1 Å². The number of halogens is 1. The molecule has 0 spiro atoms. The summed E-state index contributed by atoms with van der Waals surface area (Å²) in [5.41, 5.74) is 5.11. The van der Waals surface area contributed by atoms with Crippen LogP contribution in [0.3, 0.4) is 0 Å². The Morgan fingerprint density at radius 3 is 2.74 bits per heavy atom. The molecule has 0 heterocycles. The zero-order chi connectivity index (χ0) is 14.4. The van der Waals surface area contributed by atoms with Gasteiger partial charge in [-0.3, -0.25) is 4.79 Å². The van der Waals surface area contributed by atoms with Crippen molar-refractivity contribution in [2.75, 3.05) is 12.3 Å². The predicted octanol–water partition coefficient (Wildman–Crippen LogP) is 2.07. The van der Waals surface area contributed by atoms with Gasteiger partial charge in [0.05, 0.1) is 18.6 Å². The molecule has 0 amide bonds. The molecule has 19 heavy (non-hydrogen) atoms. The monoisotopic (exact) mass is 267 g/mol. The number of esters is 1.